The number of nitrogens with zero attached hydrogens (tertiary/aromatic N) is 1. The van der Waals surface area contributed by atoms with Crippen LogP contribution in [0, 0.1) is 12.7 Å². The highest BCUT2D eigenvalue weighted by Gasteiger charge is 2.10. The molecule has 0 fully saturated rings. The van der Waals surface area contributed by atoms with Gasteiger partial charge in [-0.15, -0.1) is 0 Å². The third kappa shape index (κ3) is 2.85. The topological polar surface area (TPSA) is 20.3 Å². The normalized spacial score (nSPS) is 10.0. The van der Waals surface area contributed by atoms with Gasteiger partial charge in [-0.25, -0.2) is 4.39 Å². The number of thiocarbonyl (C=S) groups is 1. The molecule has 0 aliphatic heterocycles. The molecule has 2 nitrogen and oxygen atoms in total. The van der Waals surface area contributed by atoms with Crippen LogP contribution in [0.3, 0.4) is 0 Å². The molecule has 0 heterocycles. The lowest BCUT2D eigenvalue weighted by atomic mass is 10.0. The molecule has 0 aliphatic carbocycles. The van der Waals surface area contributed by atoms with Crippen LogP contribution in [0.15, 0.2) is 42.5 Å². The standard InChI is InChI=1S/C15H12FNOS/c1-11-2-7-15(17(9-18)10-19)14(8-11)12-3-5-13(16)6-4-12/h2-10H,1H3. The van der Waals surface area contributed by atoms with Crippen LogP contribution in [0.2, 0.25) is 0 Å². The fourth-order valence-corrected chi connectivity index (χ4v) is 2.04. The molecule has 2 aromatic carbocycles. The smallest absolute Gasteiger partial charge is 0.218 e. The Kier molecular flexibility index (Phi) is 4.02. The number of halogens is 1. The minimum absolute atomic E-state index is 0.292. The number of hydrogen-bond donors (Lipinski definition) is 0. The SMILES string of the molecule is Cc1ccc(N(C=O)C=S)c(-c2ccc(F)cc2)c1. The summed E-state index contributed by atoms with van der Waals surface area (Å²) in [4.78, 5) is 12.4. The van der Waals surface area contributed by atoms with Gasteiger partial charge in [0.05, 0.1) is 11.2 Å². The van der Waals surface area contributed by atoms with Gasteiger partial charge in [0.2, 0.25) is 6.41 Å². The highest BCUT2D eigenvalue weighted by Crippen LogP contribution is 2.31. The summed E-state index contributed by atoms with van der Waals surface area (Å²) in [6.45, 7) is 1.96. The molecule has 4 heteroatoms. The average molecular weight is 273 g/mol. The highest BCUT2D eigenvalue weighted by atomic mass is 32.1. The number of rotatable bonds is 4. The Labute approximate surface area is 116 Å². The van der Waals surface area contributed by atoms with Gasteiger partial charge >= 0.3 is 0 Å². The summed E-state index contributed by atoms with van der Waals surface area (Å²) >= 11 is 4.83. The molecule has 0 unspecified atom stereocenters. The van der Waals surface area contributed by atoms with Crippen molar-refractivity contribution >= 4 is 29.8 Å². The van der Waals surface area contributed by atoms with E-state index in [-0.39, 0.29) is 5.82 Å². The first-order valence-corrected chi connectivity index (χ1v) is 6.18. The second-order valence-electron chi connectivity index (χ2n) is 4.15. The molecule has 0 spiro atoms. The predicted octanol–water partition coefficient (Wildman–Crippen LogP) is 3.72. The molecule has 0 radical (unpaired) electrons. The lowest BCUT2D eigenvalue weighted by Crippen LogP contribution is -2.18. The quantitative estimate of drug-likeness (QED) is 0.625. The zero-order valence-electron chi connectivity index (χ0n) is 10.3. The first-order chi connectivity index (χ1) is 9.15. The predicted molar refractivity (Wildman–Crippen MR) is 78.8 cm³/mol. The van der Waals surface area contributed by atoms with Crippen molar-refractivity contribution in [3.8, 4) is 11.1 Å². The molecule has 19 heavy (non-hydrogen) atoms. The zero-order chi connectivity index (χ0) is 13.8. The van der Waals surface area contributed by atoms with Crippen LogP contribution < -0.4 is 4.90 Å². The Balaban J connectivity index is 2.60. The Hall–Kier alpha value is -2.07. The second kappa shape index (κ2) is 5.71. The second-order valence-corrected chi connectivity index (χ2v) is 4.36. The monoisotopic (exact) mass is 273 g/mol. The number of amides is 1. The third-order valence-corrected chi connectivity index (χ3v) is 3.04. The Morgan fingerprint density at radius 3 is 2.42 bits per heavy atom. The molecule has 96 valence electrons. The summed E-state index contributed by atoms with van der Waals surface area (Å²) in [5.74, 6) is -0.292. The molecule has 0 atom stereocenters. The van der Waals surface area contributed by atoms with Gasteiger partial charge in [-0.05, 0) is 36.8 Å². The minimum Gasteiger partial charge on any atom is -0.280 e. The average Bonchev–Trinajstić information content (AvgIpc) is 2.42. The molecule has 0 aromatic heterocycles. The van der Waals surface area contributed by atoms with E-state index in [0.29, 0.717) is 12.1 Å². The van der Waals surface area contributed by atoms with Crippen LogP contribution in [0.5, 0.6) is 0 Å². The number of benzene rings is 2. The van der Waals surface area contributed by atoms with E-state index in [1.165, 1.54) is 22.5 Å². The first-order valence-electron chi connectivity index (χ1n) is 5.71. The summed E-state index contributed by atoms with van der Waals surface area (Å²) < 4.78 is 13.0. The van der Waals surface area contributed by atoms with E-state index in [2.05, 4.69) is 0 Å². The van der Waals surface area contributed by atoms with E-state index in [1.54, 1.807) is 12.1 Å². The van der Waals surface area contributed by atoms with Crippen LogP contribution in [-0.4, -0.2) is 11.9 Å². The summed E-state index contributed by atoms with van der Waals surface area (Å²) in [6.07, 6.45) is 0.657. The molecule has 1 amide bonds. The summed E-state index contributed by atoms with van der Waals surface area (Å²) in [5.41, 5.74) is 4.70. The van der Waals surface area contributed by atoms with Gasteiger partial charge < -0.3 is 0 Å². The first kappa shape index (κ1) is 13.4. The molecule has 0 N–H and O–H groups in total. The van der Waals surface area contributed by atoms with Crippen LogP contribution in [0.25, 0.3) is 11.1 Å². The molecule has 0 bridgehead atoms. The van der Waals surface area contributed by atoms with Crippen LogP contribution >= 0.6 is 12.2 Å². The maximum absolute atomic E-state index is 13.0. The fraction of sp³-hybridized carbons (Fsp3) is 0.0667. The number of anilines is 1. The molecular weight excluding hydrogens is 261 g/mol. The maximum atomic E-state index is 13.0. The van der Waals surface area contributed by atoms with Crippen molar-refractivity contribution in [3.63, 3.8) is 0 Å². The maximum Gasteiger partial charge on any atom is 0.218 e. The lowest BCUT2D eigenvalue weighted by Gasteiger charge is -2.16. The Morgan fingerprint density at radius 1 is 1.16 bits per heavy atom. The van der Waals surface area contributed by atoms with Crippen LogP contribution in [-0.2, 0) is 4.79 Å². The zero-order valence-corrected chi connectivity index (χ0v) is 11.2. The van der Waals surface area contributed by atoms with Gasteiger partial charge in [-0.3, -0.25) is 9.69 Å². The van der Waals surface area contributed by atoms with Crippen molar-refractivity contribution in [2.24, 2.45) is 0 Å². The van der Waals surface area contributed by atoms with Gasteiger partial charge in [0.15, 0.2) is 0 Å². The summed E-state index contributed by atoms with van der Waals surface area (Å²) in [5, 5.41) is 0. The molecule has 2 aromatic rings. The third-order valence-electron chi connectivity index (χ3n) is 2.81. The lowest BCUT2D eigenvalue weighted by molar-refractivity contribution is -0.106. The largest absolute Gasteiger partial charge is 0.280 e. The van der Waals surface area contributed by atoms with E-state index in [9.17, 15) is 9.18 Å². The molecule has 0 aliphatic rings. The van der Waals surface area contributed by atoms with Crippen molar-refractivity contribution in [1.29, 1.82) is 0 Å². The Morgan fingerprint density at radius 2 is 1.84 bits per heavy atom. The van der Waals surface area contributed by atoms with E-state index >= 15 is 0 Å². The van der Waals surface area contributed by atoms with Crippen LogP contribution in [0.1, 0.15) is 5.56 Å². The number of carbonyl (C=O) groups excluding carboxylic acids is 1. The molecular formula is C15H12FNOS. The molecule has 2 rings (SSSR count). The molecule has 0 saturated heterocycles. The number of aryl methyl sites for hydroxylation is 1. The molecule has 0 saturated carbocycles. The van der Waals surface area contributed by atoms with Crippen molar-refractivity contribution in [2.75, 3.05) is 4.90 Å². The number of carbonyl (C=O) groups is 1. The summed E-state index contributed by atoms with van der Waals surface area (Å²) in [7, 11) is 0. The van der Waals surface area contributed by atoms with E-state index in [1.807, 2.05) is 25.1 Å². The van der Waals surface area contributed by atoms with E-state index in [0.717, 1.165) is 16.7 Å². The van der Waals surface area contributed by atoms with Crippen molar-refractivity contribution in [3.05, 3.63) is 53.8 Å². The van der Waals surface area contributed by atoms with E-state index < -0.39 is 0 Å². The van der Waals surface area contributed by atoms with Crippen LogP contribution in [0.4, 0.5) is 10.1 Å². The van der Waals surface area contributed by atoms with Gasteiger partial charge in [-0.1, -0.05) is 36.0 Å². The van der Waals surface area contributed by atoms with Gasteiger partial charge in [0.1, 0.15) is 5.82 Å². The van der Waals surface area contributed by atoms with Gasteiger partial charge in [0, 0.05) is 5.56 Å². The summed E-state index contributed by atoms with van der Waals surface area (Å²) in [6, 6.07) is 11.8. The Bertz CT molecular complexity index is 602. The van der Waals surface area contributed by atoms with Crippen molar-refractivity contribution in [1.82, 2.24) is 0 Å². The fourth-order valence-electron chi connectivity index (χ4n) is 1.87. The van der Waals surface area contributed by atoms with Gasteiger partial charge in [-0.2, -0.15) is 0 Å². The van der Waals surface area contributed by atoms with Gasteiger partial charge in [0.25, 0.3) is 0 Å². The number of hydrogen-bond acceptors (Lipinski definition) is 2. The minimum atomic E-state index is -0.292. The van der Waals surface area contributed by atoms with Crippen molar-refractivity contribution in [2.45, 2.75) is 6.92 Å². The van der Waals surface area contributed by atoms with Crippen molar-refractivity contribution < 1.29 is 9.18 Å². The highest BCUT2D eigenvalue weighted by molar-refractivity contribution is 7.79. The van der Waals surface area contributed by atoms with E-state index in [4.69, 9.17) is 12.2 Å².